The number of aliphatic imine (C=N–C) groups is 1. The van der Waals surface area contributed by atoms with E-state index in [1.807, 2.05) is 20.8 Å². The second-order valence-electron chi connectivity index (χ2n) is 7.78. The highest BCUT2D eigenvalue weighted by Gasteiger charge is 2.34. The van der Waals surface area contributed by atoms with Crippen molar-refractivity contribution in [2.45, 2.75) is 44.8 Å². The van der Waals surface area contributed by atoms with Crippen molar-refractivity contribution in [3.05, 3.63) is 35.4 Å². The second-order valence-corrected chi connectivity index (χ2v) is 7.78. The first kappa shape index (κ1) is 20.8. The highest BCUT2D eigenvalue weighted by Crippen LogP contribution is 2.33. The number of rotatable bonds is 3. The average Bonchev–Trinajstić information content (AvgIpc) is 2.47. The number of carbonyl (C=O) groups is 1. The lowest BCUT2D eigenvalue weighted by molar-refractivity contribution is 0.00701. The van der Waals surface area contributed by atoms with E-state index < -0.39 is 5.60 Å². The summed E-state index contributed by atoms with van der Waals surface area (Å²) in [5.41, 5.74) is 2.43. The van der Waals surface area contributed by atoms with Crippen molar-refractivity contribution < 1.29 is 9.53 Å². The Morgan fingerprint density at radius 1 is 1.31 bits per heavy atom. The van der Waals surface area contributed by atoms with Crippen LogP contribution in [0.25, 0.3) is 0 Å². The van der Waals surface area contributed by atoms with Crippen molar-refractivity contribution in [3.63, 3.8) is 0 Å². The summed E-state index contributed by atoms with van der Waals surface area (Å²) < 4.78 is 5.37. The molecular formula is C19H29IN4O2. The van der Waals surface area contributed by atoms with Crippen LogP contribution in [0.15, 0.2) is 29.3 Å². The van der Waals surface area contributed by atoms with Crippen LogP contribution < -0.4 is 10.6 Å². The standard InChI is InChI=1S/C19H28N4O2.HI/c1-19(2,3)25-18(24)23-11-15(12-23)22-17(20-4)21-10-14-9-13-7-5-6-8-16(13)14;/h5-8,14-15H,9-12H2,1-4H3,(H2,20,21,22);1H. The topological polar surface area (TPSA) is 66.0 Å². The van der Waals surface area contributed by atoms with Gasteiger partial charge in [0.05, 0.1) is 6.04 Å². The second kappa shape index (κ2) is 8.45. The summed E-state index contributed by atoms with van der Waals surface area (Å²) in [5.74, 6) is 1.34. The van der Waals surface area contributed by atoms with Gasteiger partial charge in [-0.05, 0) is 38.3 Å². The number of nitrogens with one attached hydrogen (secondary N) is 2. The van der Waals surface area contributed by atoms with Crippen LogP contribution in [0, 0.1) is 0 Å². The summed E-state index contributed by atoms with van der Waals surface area (Å²) in [4.78, 5) is 17.9. The maximum absolute atomic E-state index is 12.0. The highest BCUT2D eigenvalue weighted by atomic mass is 127. The van der Waals surface area contributed by atoms with E-state index in [4.69, 9.17) is 4.74 Å². The third-order valence-electron chi connectivity index (χ3n) is 4.57. The van der Waals surface area contributed by atoms with Crippen molar-refractivity contribution >= 4 is 36.0 Å². The largest absolute Gasteiger partial charge is 0.444 e. The maximum Gasteiger partial charge on any atom is 0.410 e. The molecule has 1 aliphatic carbocycles. The van der Waals surface area contributed by atoms with Gasteiger partial charge in [-0.1, -0.05) is 24.3 Å². The predicted molar refractivity (Wildman–Crippen MR) is 114 cm³/mol. The number of fused-ring (bicyclic) bond motifs is 1. The number of ether oxygens (including phenoxy) is 1. The summed E-state index contributed by atoms with van der Waals surface area (Å²) in [6.45, 7) is 7.79. The quantitative estimate of drug-likeness (QED) is 0.404. The fourth-order valence-electron chi connectivity index (χ4n) is 3.20. The van der Waals surface area contributed by atoms with Gasteiger partial charge < -0.3 is 20.3 Å². The highest BCUT2D eigenvalue weighted by molar-refractivity contribution is 14.0. The van der Waals surface area contributed by atoms with E-state index in [-0.39, 0.29) is 36.1 Å². The molecule has 1 atom stereocenters. The molecule has 1 aliphatic heterocycles. The number of hydrogen-bond acceptors (Lipinski definition) is 3. The Hall–Kier alpha value is -1.51. The fraction of sp³-hybridized carbons (Fsp3) is 0.579. The first-order valence-corrected chi connectivity index (χ1v) is 8.88. The molecule has 0 radical (unpaired) electrons. The van der Waals surface area contributed by atoms with E-state index in [1.165, 1.54) is 11.1 Å². The Balaban J connectivity index is 0.00000243. The first-order valence-electron chi connectivity index (χ1n) is 8.88. The van der Waals surface area contributed by atoms with Crippen LogP contribution in [0.2, 0.25) is 0 Å². The Bertz CT molecular complexity index is 666. The minimum absolute atomic E-state index is 0. The van der Waals surface area contributed by atoms with E-state index >= 15 is 0 Å². The number of amides is 1. The number of likely N-dealkylation sites (tertiary alicyclic amines) is 1. The smallest absolute Gasteiger partial charge is 0.410 e. The molecule has 1 aromatic rings. The molecule has 0 saturated carbocycles. The van der Waals surface area contributed by atoms with E-state index in [1.54, 1.807) is 11.9 Å². The van der Waals surface area contributed by atoms with Gasteiger partial charge in [0.15, 0.2) is 5.96 Å². The number of benzene rings is 1. The van der Waals surface area contributed by atoms with Crippen LogP contribution in [0.4, 0.5) is 4.79 Å². The van der Waals surface area contributed by atoms with Gasteiger partial charge in [-0.3, -0.25) is 4.99 Å². The van der Waals surface area contributed by atoms with Crippen LogP contribution >= 0.6 is 24.0 Å². The fourth-order valence-corrected chi connectivity index (χ4v) is 3.20. The van der Waals surface area contributed by atoms with E-state index in [0.29, 0.717) is 19.0 Å². The SMILES string of the molecule is CN=C(NCC1Cc2ccccc21)NC1CN(C(=O)OC(C)(C)C)C1.I. The summed E-state index contributed by atoms with van der Waals surface area (Å²) in [6.07, 6.45) is 0.871. The molecule has 0 spiro atoms. The molecular weight excluding hydrogens is 443 g/mol. The summed E-state index contributed by atoms with van der Waals surface area (Å²) in [7, 11) is 1.77. The third kappa shape index (κ3) is 5.02. The normalized spacial score (nSPS) is 19.5. The molecule has 1 saturated heterocycles. The minimum atomic E-state index is -0.452. The number of nitrogens with zero attached hydrogens (tertiary/aromatic N) is 2. The number of halogens is 1. The third-order valence-corrected chi connectivity index (χ3v) is 4.57. The molecule has 0 bridgehead atoms. The van der Waals surface area contributed by atoms with Gasteiger partial charge in [0, 0.05) is 32.6 Å². The van der Waals surface area contributed by atoms with Crippen molar-refractivity contribution in [2.24, 2.45) is 4.99 Å². The molecule has 1 unspecified atom stereocenters. The molecule has 1 heterocycles. The molecule has 0 aromatic heterocycles. The van der Waals surface area contributed by atoms with Gasteiger partial charge in [-0.2, -0.15) is 0 Å². The lowest BCUT2D eigenvalue weighted by Crippen LogP contribution is -2.63. The minimum Gasteiger partial charge on any atom is -0.444 e. The molecule has 1 fully saturated rings. The first-order chi connectivity index (χ1) is 11.9. The van der Waals surface area contributed by atoms with Crippen LogP contribution in [-0.4, -0.2) is 55.3 Å². The molecule has 1 aromatic carbocycles. The molecule has 2 aliphatic rings. The van der Waals surface area contributed by atoms with Crippen molar-refractivity contribution in [1.29, 1.82) is 0 Å². The monoisotopic (exact) mass is 472 g/mol. The Morgan fingerprint density at radius 2 is 2.00 bits per heavy atom. The van der Waals surface area contributed by atoms with Crippen LogP contribution in [-0.2, 0) is 11.2 Å². The molecule has 7 heteroatoms. The Labute approximate surface area is 172 Å². The van der Waals surface area contributed by atoms with Gasteiger partial charge >= 0.3 is 6.09 Å². The van der Waals surface area contributed by atoms with E-state index in [2.05, 4.69) is 39.9 Å². The zero-order valence-corrected chi connectivity index (χ0v) is 18.2. The molecule has 2 N–H and O–H groups in total. The van der Waals surface area contributed by atoms with Crippen molar-refractivity contribution in [1.82, 2.24) is 15.5 Å². The average molecular weight is 472 g/mol. The number of hydrogen-bond donors (Lipinski definition) is 2. The van der Waals surface area contributed by atoms with Gasteiger partial charge in [-0.15, -0.1) is 24.0 Å². The Kier molecular flexibility index (Phi) is 6.76. The van der Waals surface area contributed by atoms with Gasteiger partial charge in [0.25, 0.3) is 0 Å². The molecule has 1 amide bonds. The van der Waals surface area contributed by atoms with E-state index in [9.17, 15) is 4.79 Å². The van der Waals surface area contributed by atoms with Gasteiger partial charge in [-0.25, -0.2) is 4.79 Å². The molecule has 26 heavy (non-hydrogen) atoms. The summed E-state index contributed by atoms with van der Waals surface area (Å²) >= 11 is 0. The zero-order chi connectivity index (χ0) is 18.0. The lowest BCUT2D eigenvalue weighted by atomic mass is 9.78. The number of carbonyl (C=O) groups excluding carboxylic acids is 1. The Morgan fingerprint density at radius 3 is 2.62 bits per heavy atom. The molecule has 6 nitrogen and oxygen atoms in total. The van der Waals surface area contributed by atoms with Gasteiger partial charge in [0.1, 0.15) is 5.60 Å². The molecule has 3 rings (SSSR count). The number of guanidine groups is 1. The predicted octanol–water partition coefficient (Wildman–Crippen LogP) is 2.73. The zero-order valence-electron chi connectivity index (χ0n) is 15.9. The van der Waals surface area contributed by atoms with E-state index in [0.717, 1.165) is 18.9 Å². The van der Waals surface area contributed by atoms with Crippen LogP contribution in [0.3, 0.4) is 0 Å². The van der Waals surface area contributed by atoms with Crippen molar-refractivity contribution in [2.75, 3.05) is 26.7 Å². The molecule has 144 valence electrons. The van der Waals surface area contributed by atoms with Crippen LogP contribution in [0.1, 0.15) is 37.8 Å². The van der Waals surface area contributed by atoms with Crippen molar-refractivity contribution in [3.8, 4) is 0 Å². The summed E-state index contributed by atoms with van der Waals surface area (Å²) in [6, 6.07) is 8.80. The van der Waals surface area contributed by atoms with Crippen LogP contribution in [0.5, 0.6) is 0 Å². The lowest BCUT2D eigenvalue weighted by Gasteiger charge is -2.40. The summed E-state index contributed by atoms with van der Waals surface area (Å²) in [5, 5.41) is 6.77. The maximum atomic E-state index is 12.0. The van der Waals surface area contributed by atoms with Gasteiger partial charge in [0.2, 0.25) is 0 Å².